The molecule has 27 heavy (non-hydrogen) atoms. The van der Waals surface area contributed by atoms with Gasteiger partial charge in [0.1, 0.15) is 4.32 Å². The lowest BCUT2D eigenvalue weighted by Gasteiger charge is -2.14. The molecule has 0 aromatic heterocycles. The second kappa shape index (κ2) is 18.0. The molecule has 0 N–H and O–H groups in total. The van der Waals surface area contributed by atoms with E-state index in [1.807, 2.05) is 0 Å². The molecule has 1 rings (SSSR count). The Hall–Kier alpha value is -0.0900. The van der Waals surface area contributed by atoms with E-state index in [1.165, 1.54) is 103 Å². The zero-order chi connectivity index (χ0) is 19.6. The molecule has 158 valence electrons. The zero-order valence-electron chi connectivity index (χ0n) is 17.8. The highest BCUT2D eigenvalue weighted by atomic mass is 32.2. The summed E-state index contributed by atoms with van der Waals surface area (Å²) in [5, 5.41) is 0. The Balaban J connectivity index is 1.73. The van der Waals surface area contributed by atoms with Gasteiger partial charge in [-0.3, -0.25) is 9.69 Å². The van der Waals surface area contributed by atoms with E-state index in [9.17, 15) is 4.79 Å². The van der Waals surface area contributed by atoms with Gasteiger partial charge < -0.3 is 0 Å². The van der Waals surface area contributed by atoms with Gasteiger partial charge in [-0.1, -0.05) is 134 Å². The first kappa shape index (κ1) is 24.9. The molecule has 1 aliphatic rings. The summed E-state index contributed by atoms with van der Waals surface area (Å²) in [7, 11) is 0. The maximum Gasteiger partial charge on any atom is 0.228 e. The quantitative estimate of drug-likeness (QED) is 0.168. The number of carbonyl (C=O) groups excluding carboxylic acids is 1. The van der Waals surface area contributed by atoms with E-state index in [0.29, 0.717) is 6.42 Å². The van der Waals surface area contributed by atoms with Crippen molar-refractivity contribution < 1.29 is 4.79 Å². The standard InChI is InChI=1S/C23H43NOS2/c1-2-3-4-5-6-7-8-9-10-11-12-13-14-15-16-17-18-19-22(25)24-20-21-27-23(24)26/h2-21H2,1H3. The first-order valence-corrected chi connectivity index (χ1v) is 13.1. The summed E-state index contributed by atoms with van der Waals surface area (Å²) >= 11 is 6.84. The van der Waals surface area contributed by atoms with Crippen LogP contribution in [0.25, 0.3) is 0 Å². The molecule has 0 aliphatic carbocycles. The Morgan fingerprint density at radius 2 is 1.19 bits per heavy atom. The van der Waals surface area contributed by atoms with Crippen molar-refractivity contribution in [3.63, 3.8) is 0 Å². The van der Waals surface area contributed by atoms with Crippen LogP contribution in [0.2, 0.25) is 0 Å². The minimum Gasteiger partial charge on any atom is -0.297 e. The molecular formula is C23H43NOS2. The lowest BCUT2D eigenvalue weighted by molar-refractivity contribution is -0.126. The van der Waals surface area contributed by atoms with Gasteiger partial charge in [0.05, 0.1) is 0 Å². The third-order valence-corrected chi connectivity index (χ3v) is 6.98. The van der Waals surface area contributed by atoms with Gasteiger partial charge in [0.2, 0.25) is 5.91 Å². The number of thiocarbonyl (C=S) groups is 1. The number of hydrogen-bond acceptors (Lipinski definition) is 3. The third kappa shape index (κ3) is 13.7. The van der Waals surface area contributed by atoms with Crippen molar-refractivity contribution in [2.24, 2.45) is 0 Å². The molecule has 1 heterocycles. The smallest absolute Gasteiger partial charge is 0.228 e. The molecule has 0 bridgehead atoms. The number of unbranched alkanes of at least 4 members (excludes halogenated alkanes) is 16. The Morgan fingerprint density at radius 3 is 1.56 bits per heavy atom. The lowest BCUT2D eigenvalue weighted by atomic mass is 10.0. The SMILES string of the molecule is CCCCCCCCCCCCCCCCCCCC(=O)N1CCSC1=S. The van der Waals surface area contributed by atoms with Crippen LogP contribution >= 0.6 is 24.0 Å². The van der Waals surface area contributed by atoms with E-state index in [-0.39, 0.29) is 5.91 Å². The van der Waals surface area contributed by atoms with Gasteiger partial charge in [0.25, 0.3) is 0 Å². The second-order valence-corrected chi connectivity index (χ2v) is 9.80. The number of carbonyl (C=O) groups is 1. The van der Waals surface area contributed by atoms with E-state index in [0.717, 1.165) is 23.0 Å². The van der Waals surface area contributed by atoms with Crippen molar-refractivity contribution in [2.45, 2.75) is 122 Å². The molecule has 0 atom stereocenters. The summed E-state index contributed by atoms with van der Waals surface area (Å²) in [5.41, 5.74) is 0. The van der Waals surface area contributed by atoms with Gasteiger partial charge >= 0.3 is 0 Å². The molecule has 0 aromatic rings. The van der Waals surface area contributed by atoms with Crippen molar-refractivity contribution >= 4 is 34.2 Å². The van der Waals surface area contributed by atoms with Crippen LogP contribution in [0, 0.1) is 0 Å². The van der Waals surface area contributed by atoms with Crippen LogP contribution < -0.4 is 0 Å². The summed E-state index contributed by atoms with van der Waals surface area (Å²) in [5.74, 6) is 1.22. The summed E-state index contributed by atoms with van der Waals surface area (Å²) in [6.45, 7) is 3.11. The van der Waals surface area contributed by atoms with E-state index in [2.05, 4.69) is 6.92 Å². The topological polar surface area (TPSA) is 20.3 Å². The molecular weight excluding hydrogens is 370 g/mol. The summed E-state index contributed by atoms with van der Waals surface area (Å²) < 4.78 is 0.784. The monoisotopic (exact) mass is 413 g/mol. The van der Waals surface area contributed by atoms with Crippen molar-refractivity contribution in [3.05, 3.63) is 0 Å². The van der Waals surface area contributed by atoms with Crippen LogP contribution in [-0.2, 0) is 4.79 Å². The van der Waals surface area contributed by atoms with Crippen LogP contribution in [0.3, 0.4) is 0 Å². The molecule has 2 nitrogen and oxygen atoms in total. The van der Waals surface area contributed by atoms with Crippen LogP contribution in [-0.4, -0.2) is 27.4 Å². The molecule has 1 amide bonds. The van der Waals surface area contributed by atoms with Gasteiger partial charge in [0.15, 0.2) is 0 Å². The number of nitrogens with zero attached hydrogens (tertiary/aromatic N) is 1. The number of rotatable bonds is 18. The fraction of sp³-hybridized carbons (Fsp3) is 0.913. The fourth-order valence-corrected chi connectivity index (χ4v) is 5.00. The fourth-order valence-electron chi connectivity index (χ4n) is 3.76. The van der Waals surface area contributed by atoms with Crippen LogP contribution in [0.1, 0.15) is 122 Å². The van der Waals surface area contributed by atoms with Crippen LogP contribution in [0.4, 0.5) is 0 Å². The average Bonchev–Trinajstić information content (AvgIpc) is 3.10. The molecule has 1 saturated heterocycles. The molecule has 1 aliphatic heterocycles. The van der Waals surface area contributed by atoms with E-state index >= 15 is 0 Å². The molecule has 0 aromatic carbocycles. The maximum absolute atomic E-state index is 12.0. The molecule has 0 saturated carbocycles. The summed E-state index contributed by atoms with van der Waals surface area (Å²) in [6.07, 6.45) is 24.0. The zero-order valence-corrected chi connectivity index (χ0v) is 19.4. The largest absolute Gasteiger partial charge is 0.297 e. The minimum absolute atomic E-state index is 0.242. The lowest BCUT2D eigenvalue weighted by Crippen LogP contribution is -2.30. The molecule has 0 unspecified atom stereocenters. The molecule has 4 heteroatoms. The predicted octanol–water partition coefficient (Wildman–Crippen LogP) is 7.89. The molecule has 0 radical (unpaired) electrons. The second-order valence-electron chi connectivity index (χ2n) is 8.07. The number of amides is 1. The van der Waals surface area contributed by atoms with E-state index in [4.69, 9.17) is 12.2 Å². The molecule has 1 fully saturated rings. The number of hydrogen-bond donors (Lipinski definition) is 0. The van der Waals surface area contributed by atoms with Crippen LogP contribution in [0.5, 0.6) is 0 Å². The van der Waals surface area contributed by atoms with Crippen molar-refractivity contribution in [1.29, 1.82) is 0 Å². The van der Waals surface area contributed by atoms with Gasteiger partial charge in [0, 0.05) is 18.7 Å². The maximum atomic E-state index is 12.0. The van der Waals surface area contributed by atoms with Crippen LogP contribution in [0.15, 0.2) is 0 Å². The first-order valence-electron chi connectivity index (χ1n) is 11.7. The van der Waals surface area contributed by atoms with Crippen molar-refractivity contribution in [2.75, 3.05) is 12.3 Å². The normalized spacial score (nSPS) is 14.3. The van der Waals surface area contributed by atoms with E-state index in [1.54, 1.807) is 16.7 Å². The van der Waals surface area contributed by atoms with Gasteiger partial charge in [-0.25, -0.2) is 0 Å². The van der Waals surface area contributed by atoms with Crippen molar-refractivity contribution in [1.82, 2.24) is 4.90 Å². The molecule has 0 spiro atoms. The minimum atomic E-state index is 0.242. The Kier molecular flexibility index (Phi) is 16.6. The highest BCUT2D eigenvalue weighted by Crippen LogP contribution is 2.20. The predicted molar refractivity (Wildman–Crippen MR) is 126 cm³/mol. The summed E-state index contributed by atoms with van der Waals surface area (Å²) in [6, 6.07) is 0. The number of thioether (sulfide) groups is 1. The van der Waals surface area contributed by atoms with E-state index < -0.39 is 0 Å². The average molecular weight is 414 g/mol. The highest BCUT2D eigenvalue weighted by molar-refractivity contribution is 8.23. The van der Waals surface area contributed by atoms with Crippen molar-refractivity contribution in [3.8, 4) is 0 Å². The summed E-state index contributed by atoms with van der Waals surface area (Å²) in [4.78, 5) is 13.8. The Labute approximate surface area is 178 Å². The highest BCUT2D eigenvalue weighted by Gasteiger charge is 2.23. The first-order chi connectivity index (χ1) is 13.3. The third-order valence-electron chi connectivity index (χ3n) is 5.56. The van der Waals surface area contributed by atoms with Gasteiger partial charge in [-0.2, -0.15) is 0 Å². The van der Waals surface area contributed by atoms with Gasteiger partial charge in [-0.15, -0.1) is 0 Å². The Morgan fingerprint density at radius 1 is 0.778 bits per heavy atom. The van der Waals surface area contributed by atoms with Gasteiger partial charge in [-0.05, 0) is 6.42 Å². The Bertz CT molecular complexity index is 387.